The number of thiocarbonyl (C=S) groups is 1. The van der Waals surface area contributed by atoms with Crippen molar-refractivity contribution in [2.75, 3.05) is 5.32 Å². The molecule has 4 rings (SSSR count). The first-order valence-corrected chi connectivity index (χ1v) is 12.6. The Balaban J connectivity index is 1.51. The summed E-state index contributed by atoms with van der Waals surface area (Å²) in [5.41, 5.74) is 6.74. The fourth-order valence-electron chi connectivity index (χ4n) is 4.18. The van der Waals surface area contributed by atoms with E-state index in [2.05, 4.69) is 74.7 Å². The Morgan fingerprint density at radius 3 is 2.08 bits per heavy atom. The fraction of sp³-hybridized carbons (Fsp3) is 0.188. The number of nitrogens with one attached hydrogen (secondary N) is 2. The van der Waals surface area contributed by atoms with E-state index >= 15 is 0 Å². The molecule has 0 unspecified atom stereocenters. The van der Waals surface area contributed by atoms with E-state index in [1.807, 2.05) is 66.7 Å². The van der Waals surface area contributed by atoms with Gasteiger partial charge in [0, 0.05) is 16.8 Å². The largest absolute Gasteiger partial charge is 0.352 e. The van der Waals surface area contributed by atoms with E-state index in [4.69, 9.17) is 12.2 Å². The van der Waals surface area contributed by atoms with E-state index < -0.39 is 0 Å². The van der Waals surface area contributed by atoms with Crippen molar-refractivity contribution >= 4 is 28.8 Å². The van der Waals surface area contributed by atoms with Gasteiger partial charge in [0.2, 0.25) is 0 Å². The van der Waals surface area contributed by atoms with Crippen LogP contribution >= 0.6 is 12.2 Å². The summed E-state index contributed by atoms with van der Waals surface area (Å²) in [6, 6.07) is 33.9. The maximum atomic E-state index is 13.1. The molecular weight excluding hydrogens is 460 g/mol. The first-order valence-electron chi connectivity index (χ1n) is 12.1. The Morgan fingerprint density at radius 1 is 0.750 bits per heavy atom. The molecule has 0 aromatic heterocycles. The highest BCUT2D eigenvalue weighted by atomic mass is 32.1. The van der Waals surface area contributed by atoms with Crippen LogP contribution in [0.25, 0.3) is 0 Å². The minimum atomic E-state index is -0.0998. The molecule has 0 fully saturated rings. The summed E-state index contributed by atoms with van der Waals surface area (Å²) in [6.45, 7) is 8.58. The Bertz CT molecular complexity index is 1360. The van der Waals surface area contributed by atoms with Crippen molar-refractivity contribution < 1.29 is 4.79 Å². The molecular formula is C32H32N2OS. The molecule has 0 aliphatic rings. The highest BCUT2D eigenvalue weighted by Gasteiger charge is 2.17. The number of carbonyl (C=O) groups is 1. The summed E-state index contributed by atoms with van der Waals surface area (Å²) >= 11 is 5.69. The van der Waals surface area contributed by atoms with E-state index in [1.165, 1.54) is 11.1 Å². The van der Waals surface area contributed by atoms with Crippen LogP contribution in [0.2, 0.25) is 0 Å². The van der Waals surface area contributed by atoms with Crippen LogP contribution in [0.3, 0.4) is 0 Å². The first kappa shape index (κ1) is 25.3. The van der Waals surface area contributed by atoms with E-state index in [9.17, 15) is 4.79 Å². The van der Waals surface area contributed by atoms with Crippen molar-refractivity contribution in [2.24, 2.45) is 0 Å². The van der Waals surface area contributed by atoms with Crippen LogP contribution in [0.15, 0.2) is 103 Å². The SMILES string of the molecule is Cc1cccc([C@@H](NC(=S)Nc2cccc(C(=O)c3ccc(C(C)(C)C)cc3)c2)c2ccccc2)c1. The van der Waals surface area contributed by atoms with Crippen molar-refractivity contribution in [3.63, 3.8) is 0 Å². The zero-order valence-electron chi connectivity index (χ0n) is 21.2. The number of ketones is 1. The summed E-state index contributed by atoms with van der Waals surface area (Å²) in [7, 11) is 0. The highest BCUT2D eigenvalue weighted by Crippen LogP contribution is 2.25. The van der Waals surface area contributed by atoms with E-state index in [-0.39, 0.29) is 17.2 Å². The third kappa shape index (κ3) is 6.27. The molecule has 36 heavy (non-hydrogen) atoms. The van der Waals surface area contributed by atoms with Crippen molar-refractivity contribution in [1.82, 2.24) is 5.32 Å². The number of benzene rings is 4. The fourth-order valence-corrected chi connectivity index (χ4v) is 4.41. The molecule has 0 radical (unpaired) electrons. The average molecular weight is 493 g/mol. The monoisotopic (exact) mass is 492 g/mol. The molecule has 4 aromatic rings. The van der Waals surface area contributed by atoms with Gasteiger partial charge in [-0.1, -0.05) is 117 Å². The molecule has 0 spiro atoms. The zero-order valence-corrected chi connectivity index (χ0v) is 22.0. The lowest BCUT2D eigenvalue weighted by molar-refractivity contribution is 0.103. The molecule has 0 bridgehead atoms. The van der Waals surface area contributed by atoms with Crippen LogP contribution in [0, 0.1) is 6.92 Å². The number of aryl methyl sites for hydroxylation is 1. The van der Waals surface area contributed by atoms with Gasteiger partial charge in [0.1, 0.15) is 0 Å². The smallest absolute Gasteiger partial charge is 0.193 e. The molecule has 0 saturated carbocycles. The minimum Gasteiger partial charge on any atom is -0.352 e. The molecule has 1 atom stereocenters. The lowest BCUT2D eigenvalue weighted by Gasteiger charge is -2.22. The summed E-state index contributed by atoms with van der Waals surface area (Å²) in [5, 5.41) is 7.22. The van der Waals surface area contributed by atoms with Crippen LogP contribution in [-0.2, 0) is 5.41 Å². The number of hydrogen-bond acceptors (Lipinski definition) is 2. The molecule has 0 aliphatic heterocycles. The second-order valence-electron chi connectivity index (χ2n) is 10.1. The van der Waals surface area contributed by atoms with Crippen LogP contribution in [-0.4, -0.2) is 10.9 Å². The third-order valence-electron chi connectivity index (χ3n) is 6.18. The number of rotatable bonds is 6. The number of anilines is 1. The van der Waals surface area contributed by atoms with Gasteiger partial charge in [-0.05, 0) is 53.4 Å². The maximum Gasteiger partial charge on any atom is 0.193 e. The molecule has 0 aliphatic carbocycles. The maximum absolute atomic E-state index is 13.1. The van der Waals surface area contributed by atoms with Gasteiger partial charge in [-0.3, -0.25) is 4.79 Å². The number of hydrogen-bond donors (Lipinski definition) is 2. The second-order valence-corrected chi connectivity index (χ2v) is 10.5. The lowest BCUT2D eigenvalue weighted by atomic mass is 9.86. The van der Waals surface area contributed by atoms with Gasteiger partial charge in [-0.2, -0.15) is 0 Å². The van der Waals surface area contributed by atoms with Crippen molar-refractivity contribution in [3.05, 3.63) is 137 Å². The topological polar surface area (TPSA) is 41.1 Å². The van der Waals surface area contributed by atoms with Gasteiger partial charge in [0.25, 0.3) is 0 Å². The molecule has 0 amide bonds. The van der Waals surface area contributed by atoms with Gasteiger partial charge in [-0.15, -0.1) is 0 Å². The molecule has 4 aromatic carbocycles. The van der Waals surface area contributed by atoms with Crippen LogP contribution in [0.5, 0.6) is 0 Å². The van der Waals surface area contributed by atoms with Crippen LogP contribution < -0.4 is 10.6 Å². The average Bonchev–Trinajstić information content (AvgIpc) is 2.87. The standard InChI is InChI=1S/C32H32N2OS/c1-22-10-8-13-25(20-22)29(23-11-6-5-7-12-23)34-31(36)33-28-15-9-14-26(21-28)30(35)24-16-18-27(19-17-24)32(2,3)4/h5-21,29H,1-4H3,(H2,33,34,36)/t29-/m0/s1. The summed E-state index contributed by atoms with van der Waals surface area (Å²) in [5.74, 6) is -0.0140. The summed E-state index contributed by atoms with van der Waals surface area (Å²) in [6.07, 6.45) is 0. The third-order valence-corrected chi connectivity index (χ3v) is 6.40. The summed E-state index contributed by atoms with van der Waals surface area (Å²) < 4.78 is 0. The van der Waals surface area contributed by atoms with E-state index in [1.54, 1.807) is 0 Å². The van der Waals surface area contributed by atoms with E-state index in [0.29, 0.717) is 16.2 Å². The van der Waals surface area contributed by atoms with Crippen molar-refractivity contribution in [2.45, 2.75) is 39.2 Å². The molecule has 0 heterocycles. The van der Waals surface area contributed by atoms with Crippen LogP contribution in [0.1, 0.15) is 65.0 Å². The predicted octanol–water partition coefficient (Wildman–Crippen LogP) is 7.60. The summed E-state index contributed by atoms with van der Waals surface area (Å²) in [4.78, 5) is 13.1. The van der Waals surface area contributed by atoms with E-state index in [0.717, 1.165) is 16.8 Å². The van der Waals surface area contributed by atoms with Crippen molar-refractivity contribution in [3.8, 4) is 0 Å². The Kier molecular flexibility index (Phi) is 7.66. The number of carbonyl (C=O) groups excluding carboxylic acids is 1. The van der Waals surface area contributed by atoms with Gasteiger partial charge < -0.3 is 10.6 Å². The Hall–Kier alpha value is -3.76. The molecule has 4 heteroatoms. The molecule has 182 valence electrons. The Labute approximate surface area is 219 Å². The molecule has 3 nitrogen and oxygen atoms in total. The van der Waals surface area contributed by atoms with Gasteiger partial charge >= 0.3 is 0 Å². The highest BCUT2D eigenvalue weighted by molar-refractivity contribution is 7.80. The zero-order chi connectivity index (χ0) is 25.7. The van der Waals surface area contributed by atoms with Crippen LogP contribution in [0.4, 0.5) is 5.69 Å². The Morgan fingerprint density at radius 2 is 1.42 bits per heavy atom. The van der Waals surface area contributed by atoms with Crippen molar-refractivity contribution in [1.29, 1.82) is 0 Å². The second kappa shape index (κ2) is 10.9. The quantitative estimate of drug-likeness (QED) is 0.215. The van der Waals surface area contributed by atoms with Gasteiger partial charge in [0.15, 0.2) is 10.9 Å². The first-order chi connectivity index (χ1) is 17.2. The normalized spacial score (nSPS) is 12.0. The molecule has 2 N–H and O–H groups in total. The van der Waals surface area contributed by atoms with Gasteiger partial charge in [-0.25, -0.2) is 0 Å². The lowest BCUT2D eigenvalue weighted by Crippen LogP contribution is -2.33. The molecule has 0 saturated heterocycles. The minimum absolute atomic E-state index is 0.0140. The van der Waals surface area contributed by atoms with Gasteiger partial charge in [0.05, 0.1) is 6.04 Å². The predicted molar refractivity (Wildman–Crippen MR) is 154 cm³/mol.